The number of rotatable bonds is 5. The molecule has 0 bridgehead atoms. The molecule has 6 heteroatoms. The number of β-amino-alcohol motifs (C(OH)–C–C–N with tert-alkyl or cyclic N) is 1. The van der Waals surface area contributed by atoms with E-state index in [2.05, 4.69) is 22.0 Å². The number of amides is 1. The predicted molar refractivity (Wildman–Crippen MR) is 104 cm³/mol. The van der Waals surface area contributed by atoms with Crippen LogP contribution < -0.4 is 0 Å². The summed E-state index contributed by atoms with van der Waals surface area (Å²) in [7, 11) is 4.00. The lowest BCUT2D eigenvalue weighted by molar-refractivity contribution is -0.140. The molecule has 0 radical (unpaired) electrons. The molecule has 1 saturated heterocycles. The summed E-state index contributed by atoms with van der Waals surface area (Å²) in [6.07, 6.45) is 1.19. The number of likely N-dealkylation sites (N-methyl/N-ethyl adjacent to an activating group) is 1. The van der Waals surface area contributed by atoms with Gasteiger partial charge in [-0.1, -0.05) is 30.3 Å². The van der Waals surface area contributed by atoms with E-state index in [9.17, 15) is 9.90 Å². The first-order valence-electron chi connectivity index (χ1n) is 9.03. The number of piperidine rings is 1. The van der Waals surface area contributed by atoms with Gasteiger partial charge >= 0.3 is 0 Å². The Balaban J connectivity index is 1.67. The fourth-order valence-electron chi connectivity index (χ4n) is 3.91. The van der Waals surface area contributed by atoms with Crippen molar-refractivity contribution in [3.8, 4) is 0 Å². The molecule has 0 saturated carbocycles. The van der Waals surface area contributed by atoms with Crippen molar-refractivity contribution in [2.75, 3.05) is 27.2 Å². The molecule has 2 heterocycles. The maximum atomic E-state index is 12.6. The number of aryl methyl sites for hydroxylation is 2. The normalized spacial score (nSPS) is 23.4. The molecule has 3 rings (SSSR count). The zero-order chi connectivity index (χ0) is 18.7. The fourth-order valence-corrected chi connectivity index (χ4v) is 4.56. The Morgan fingerprint density at radius 3 is 2.69 bits per heavy atom. The number of carbonyl (C=O) groups is 1. The number of hydrogen-bond donors (Lipinski definition) is 1. The van der Waals surface area contributed by atoms with Gasteiger partial charge in [-0.05, 0) is 39.4 Å². The number of aliphatic hydroxyl groups excluding tert-OH is 1. The van der Waals surface area contributed by atoms with Crippen molar-refractivity contribution in [3.05, 3.63) is 52.0 Å². The molecule has 1 amide bonds. The molecule has 26 heavy (non-hydrogen) atoms. The van der Waals surface area contributed by atoms with E-state index in [-0.39, 0.29) is 5.91 Å². The zero-order valence-electron chi connectivity index (χ0n) is 15.7. The Bertz CT molecular complexity index is 747. The van der Waals surface area contributed by atoms with Gasteiger partial charge in [-0.15, -0.1) is 11.3 Å². The van der Waals surface area contributed by atoms with Crippen molar-refractivity contribution in [1.29, 1.82) is 0 Å². The molecule has 0 unspecified atom stereocenters. The number of aliphatic hydroxyl groups is 1. The molecule has 140 valence electrons. The van der Waals surface area contributed by atoms with Crippen LogP contribution in [-0.2, 0) is 16.8 Å². The third-order valence-corrected chi connectivity index (χ3v) is 6.22. The van der Waals surface area contributed by atoms with Crippen LogP contribution in [-0.4, -0.2) is 59.1 Å². The van der Waals surface area contributed by atoms with E-state index in [1.165, 1.54) is 0 Å². The van der Waals surface area contributed by atoms with Crippen LogP contribution in [0.2, 0.25) is 0 Å². The van der Waals surface area contributed by atoms with Crippen molar-refractivity contribution in [3.63, 3.8) is 0 Å². The number of hydrogen-bond acceptors (Lipinski definition) is 5. The highest BCUT2D eigenvalue weighted by molar-refractivity contribution is 7.09. The molecule has 5 nitrogen and oxygen atoms in total. The van der Waals surface area contributed by atoms with E-state index in [0.717, 1.165) is 16.3 Å². The van der Waals surface area contributed by atoms with Crippen molar-refractivity contribution < 1.29 is 9.90 Å². The van der Waals surface area contributed by atoms with Gasteiger partial charge in [-0.2, -0.15) is 0 Å². The molecule has 0 spiro atoms. The number of benzene rings is 1. The highest BCUT2D eigenvalue weighted by Crippen LogP contribution is 2.37. The van der Waals surface area contributed by atoms with E-state index in [1.54, 1.807) is 16.2 Å². The highest BCUT2D eigenvalue weighted by atomic mass is 32.1. The molecule has 1 aliphatic rings. The molecule has 1 aromatic heterocycles. The standard InChI is InChI=1S/C20H27N3O2S/c1-15-21-17(14-26-15)9-10-19(25)23-12-11-20(22(2)3,18(24)13-23)16-7-5-4-6-8-16/h4-8,14,18,24H,9-13H2,1-3H3/t18-,20+/m1/s1. The number of likely N-dealkylation sites (tertiary alicyclic amines) is 1. The topological polar surface area (TPSA) is 56.7 Å². The van der Waals surface area contributed by atoms with Gasteiger partial charge in [0.1, 0.15) is 0 Å². The minimum absolute atomic E-state index is 0.0927. The first-order valence-corrected chi connectivity index (χ1v) is 9.91. The third kappa shape index (κ3) is 3.68. The van der Waals surface area contributed by atoms with Crippen LogP contribution in [0.1, 0.15) is 29.1 Å². The zero-order valence-corrected chi connectivity index (χ0v) is 16.5. The van der Waals surface area contributed by atoms with Crippen LogP contribution in [0.25, 0.3) is 0 Å². The van der Waals surface area contributed by atoms with Crippen LogP contribution in [0.5, 0.6) is 0 Å². The van der Waals surface area contributed by atoms with E-state index < -0.39 is 11.6 Å². The SMILES string of the molecule is Cc1nc(CCC(=O)N2CC[C@@](c3ccccc3)(N(C)C)[C@H](O)C2)cs1. The summed E-state index contributed by atoms with van der Waals surface area (Å²) in [5.74, 6) is 0.0927. The first-order chi connectivity index (χ1) is 12.4. The Labute approximate surface area is 159 Å². The van der Waals surface area contributed by atoms with Gasteiger partial charge in [0, 0.05) is 24.9 Å². The molecule has 1 N–H and O–H groups in total. The van der Waals surface area contributed by atoms with E-state index in [4.69, 9.17) is 0 Å². The van der Waals surface area contributed by atoms with E-state index >= 15 is 0 Å². The number of thiazole rings is 1. The maximum Gasteiger partial charge on any atom is 0.223 e. The van der Waals surface area contributed by atoms with Crippen LogP contribution in [0, 0.1) is 6.92 Å². The van der Waals surface area contributed by atoms with Gasteiger partial charge in [-0.25, -0.2) is 4.98 Å². The minimum Gasteiger partial charge on any atom is -0.389 e. The van der Waals surface area contributed by atoms with Gasteiger partial charge in [-0.3, -0.25) is 9.69 Å². The van der Waals surface area contributed by atoms with Crippen molar-refractivity contribution in [2.45, 2.75) is 37.8 Å². The summed E-state index contributed by atoms with van der Waals surface area (Å²) < 4.78 is 0. The van der Waals surface area contributed by atoms with Gasteiger partial charge in [0.2, 0.25) is 5.91 Å². The Morgan fingerprint density at radius 1 is 1.38 bits per heavy atom. The van der Waals surface area contributed by atoms with E-state index in [1.807, 2.05) is 44.6 Å². The molecule has 1 aliphatic heterocycles. The lowest BCUT2D eigenvalue weighted by Gasteiger charge is -2.49. The highest BCUT2D eigenvalue weighted by Gasteiger charge is 2.46. The second kappa shape index (κ2) is 7.86. The lowest BCUT2D eigenvalue weighted by Crippen LogP contribution is -2.60. The molecule has 1 fully saturated rings. The predicted octanol–water partition coefficient (Wildman–Crippen LogP) is 2.43. The second-order valence-electron chi connectivity index (χ2n) is 7.15. The van der Waals surface area contributed by atoms with Crippen molar-refractivity contribution in [1.82, 2.24) is 14.8 Å². The number of aromatic nitrogens is 1. The van der Waals surface area contributed by atoms with Crippen LogP contribution in [0.3, 0.4) is 0 Å². The van der Waals surface area contributed by atoms with Crippen LogP contribution in [0.4, 0.5) is 0 Å². The minimum atomic E-state index is -0.626. The third-order valence-electron chi connectivity index (χ3n) is 5.39. The molecular formula is C20H27N3O2S. The van der Waals surface area contributed by atoms with E-state index in [0.29, 0.717) is 32.4 Å². The average molecular weight is 374 g/mol. The van der Waals surface area contributed by atoms with Crippen LogP contribution >= 0.6 is 11.3 Å². The van der Waals surface area contributed by atoms with Crippen molar-refractivity contribution >= 4 is 17.2 Å². The smallest absolute Gasteiger partial charge is 0.223 e. The molecule has 2 aromatic rings. The summed E-state index contributed by atoms with van der Waals surface area (Å²) in [5, 5.41) is 14.0. The fraction of sp³-hybridized carbons (Fsp3) is 0.500. The van der Waals surface area contributed by atoms with Crippen LogP contribution in [0.15, 0.2) is 35.7 Å². The largest absolute Gasteiger partial charge is 0.389 e. The summed E-state index contributed by atoms with van der Waals surface area (Å²) in [6.45, 7) is 2.99. The number of nitrogens with zero attached hydrogens (tertiary/aromatic N) is 3. The molecule has 1 aromatic carbocycles. The number of carbonyl (C=O) groups excluding carboxylic acids is 1. The summed E-state index contributed by atoms with van der Waals surface area (Å²) in [6, 6.07) is 10.1. The maximum absolute atomic E-state index is 12.6. The summed E-state index contributed by atoms with van der Waals surface area (Å²) >= 11 is 1.61. The molecule has 2 atom stereocenters. The van der Waals surface area contributed by atoms with Gasteiger partial charge in [0.15, 0.2) is 0 Å². The van der Waals surface area contributed by atoms with Crippen molar-refractivity contribution in [2.24, 2.45) is 0 Å². The first kappa shape index (κ1) is 19.0. The monoisotopic (exact) mass is 373 g/mol. The van der Waals surface area contributed by atoms with Gasteiger partial charge < -0.3 is 10.0 Å². The second-order valence-corrected chi connectivity index (χ2v) is 8.21. The quantitative estimate of drug-likeness (QED) is 0.875. The van der Waals surface area contributed by atoms with Gasteiger partial charge in [0.25, 0.3) is 0 Å². The lowest BCUT2D eigenvalue weighted by atomic mass is 9.77. The Kier molecular flexibility index (Phi) is 5.75. The van der Waals surface area contributed by atoms with Gasteiger partial charge in [0.05, 0.1) is 22.3 Å². The summed E-state index contributed by atoms with van der Waals surface area (Å²) in [4.78, 5) is 20.9. The molecular weight excluding hydrogens is 346 g/mol. The Hall–Kier alpha value is -1.76. The molecule has 0 aliphatic carbocycles. The average Bonchev–Trinajstić information content (AvgIpc) is 3.05. The summed E-state index contributed by atoms with van der Waals surface area (Å²) in [5.41, 5.74) is 1.62. The Morgan fingerprint density at radius 2 is 2.12 bits per heavy atom.